The van der Waals surface area contributed by atoms with E-state index in [0.29, 0.717) is 19.4 Å². The highest BCUT2D eigenvalue weighted by molar-refractivity contribution is 7.47. The van der Waals surface area contributed by atoms with Crippen LogP contribution in [0.3, 0.4) is 0 Å². The van der Waals surface area contributed by atoms with Crippen LogP contribution in [-0.2, 0) is 31.2 Å². The van der Waals surface area contributed by atoms with Gasteiger partial charge >= 0.3 is 7.82 Å². The first-order chi connectivity index (χ1) is 16.3. The molecule has 0 aliphatic rings. The number of phosphoric ester groups is 1. The van der Waals surface area contributed by atoms with Crippen molar-refractivity contribution >= 4 is 24.6 Å². The summed E-state index contributed by atoms with van der Waals surface area (Å²) in [4.78, 5) is 26.9. The number of pyridine rings is 1. The van der Waals surface area contributed by atoms with Gasteiger partial charge < -0.3 is 15.3 Å². The van der Waals surface area contributed by atoms with Gasteiger partial charge in [-0.25, -0.2) is 4.57 Å². The van der Waals surface area contributed by atoms with Gasteiger partial charge in [0.2, 0.25) is 5.91 Å². The average Bonchev–Trinajstić information content (AvgIpc) is 2.78. The molecule has 1 amide bonds. The van der Waals surface area contributed by atoms with Crippen LogP contribution in [0, 0.1) is 0 Å². The standard InChI is InChI=1S/C25H31N2O6P/c1-18(2)33-34(30,31)32-15-7-13-26-23(29)16-21-17-27-25-20(12-14-28)10-6-11-22(25)24(21)19-8-4-3-5-9-19/h3-6,8-11,17-18,28H,7,12-16H2,1-2H3,(H,26,29)(H,30,31). The summed E-state index contributed by atoms with van der Waals surface area (Å²) in [6, 6.07) is 15.7. The maximum Gasteiger partial charge on any atom is 0.472 e. The third-order valence-corrected chi connectivity index (χ3v) is 6.29. The molecule has 182 valence electrons. The Morgan fingerprint density at radius 2 is 1.88 bits per heavy atom. The molecule has 3 N–H and O–H groups in total. The van der Waals surface area contributed by atoms with E-state index in [4.69, 9.17) is 9.05 Å². The van der Waals surface area contributed by atoms with E-state index in [0.717, 1.165) is 33.2 Å². The lowest BCUT2D eigenvalue weighted by Crippen LogP contribution is -2.27. The van der Waals surface area contributed by atoms with Gasteiger partial charge in [-0.05, 0) is 48.9 Å². The summed E-state index contributed by atoms with van der Waals surface area (Å²) >= 11 is 0. The Hall–Kier alpha value is -2.61. The first-order valence-electron chi connectivity index (χ1n) is 11.3. The zero-order valence-corrected chi connectivity index (χ0v) is 20.3. The number of phosphoric acid groups is 1. The molecule has 0 aliphatic heterocycles. The van der Waals surface area contributed by atoms with Gasteiger partial charge in [0, 0.05) is 24.7 Å². The van der Waals surface area contributed by atoms with Crippen molar-refractivity contribution in [2.24, 2.45) is 0 Å². The highest BCUT2D eigenvalue weighted by atomic mass is 31.2. The fourth-order valence-corrected chi connectivity index (χ4v) is 4.69. The summed E-state index contributed by atoms with van der Waals surface area (Å²) in [7, 11) is -4.08. The number of hydrogen-bond acceptors (Lipinski definition) is 6. The molecule has 0 radical (unpaired) electrons. The van der Waals surface area contributed by atoms with Crippen molar-refractivity contribution in [2.45, 2.75) is 39.2 Å². The van der Waals surface area contributed by atoms with Crippen molar-refractivity contribution in [2.75, 3.05) is 19.8 Å². The molecule has 0 spiro atoms. The van der Waals surface area contributed by atoms with Crippen LogP contribution in [0.1, 0.15) is 31.4 Å². The number of fused-ring (bicyclic) bond motifs is 1. The molecule has 8 nitrogen and oxygen atoms in total. The number of nitrogens with one attached hydrogen (secondary N) is 1. The molecule has 9 heteroatoms. The summed E-state index contributed by atoms with van der Waals surface area (Å²) in [6.45, 7) is 3.60. The minimum Gasteiger partial charge on any atom is -0.396 e. The number of para-hydroxylation sites is 1. The molecule has 0 aliphatic carbocycles. The van der Waals surface area contributed by atoms with Crippen molar-refractivity contribution in [3.05, 3.63) is 65.9 Å². The number of aliphatic hydroxyl groups excluding tert-OH is 1. The molecule has 3 rings (SSSR count). The van der Waals surface area contributed by atoms with Crippen LogP contribution < -0.4 is 5.32 Å². The van der Waals surface area contributed by atoms with E-state index in [9.17, 15) is 19.4 Å². The Morgan fingerprint density at radius 1 is 1.12 bits per heavy atom. The minimum atomic E-state index is -4.08. The molecule has 1 unspecified atom stereocenters. The number of aliphatic hydroxyl groups is 1. The number of amides is 1. The molecular weight excluding hydrogens is 455 g/mol. The predicted octanol–water partition coefficient (Wildman–Crippen LogP) is 4.03. The van der Waals surface area contributed by atoms with Crippen LogP contribution in [0.25, 0.3) is 22.0 Å². The Kier molecular flexibility index (Phi) is 9.33. The first kappa shape index (κ1) is 26.0. The zero-order chi connectivity index (χ0) is 24.6. The van der Waals surface area contributed by atoms with Gasteiger partial charge in [-0.15, -0.1) is 0 Å². The van der Waals surface area contributed by atoms with E-state index in [-0.39, 0.29) is 25.5 Å². The summed E-state index contributed by atoms with van der Waals surface area (Å²) in [5.74, 6) is -0.185. The number of carbonyl (C=O) groups excluding carboxylic acids is 1. The van der Waals surface area contributed by atoms with Gasteiger partial charge in [0.25, 0.3) is 0 Å². The smallest absolute Gasteiger partial charge is 0.396 e. The normalized spacial score (nSPS) is 13.2. The number of nitrogens with zero attached hydrogens (tertiary/aromatic N) is 1. The first-order valence-corrected chi connectivity index (χ1v) is 12.8. The zero-order valence-electron chi connectivity index (χ0n) is 19.4. The van der Waals surface area contributed by atoms with Gasteiger partial charge in [0.15, 0.2) is 0 Å². The van der Waals surface area contributed by atoms with Gasteiger partial charge in [0.1, 0.15) is 0 Å². The van der Waals surface area contributed by atoms with E-state index in [2.05, 4.69) is 10.3 Å². The number of benzene rings is 2. The van der Waals surface area contributed by atoms with Crippen LogP contribution in [0.4, 0.5) is 0 Å². The molecular formula is C25H31N2O6P. The van der Waals surface area contributed by atoms with Crippen molar-refractivity contribution in [3.8, 4) is 11.1 Å². The Bertz CT molecular complexity index is 1150. The number of aromatic nitrogens is 1. The molecule has 0 saturated carbocycles. The van der Waals surface area contributed by atoms with Crippen molar-refractivity contribution in [1.29, 1.82) is 0 Å². The van der Waals surface area contributed by atoms with Gasteiger partial charge in [-0.1, -0.05) is 48.5 Å². The predicted molar refractivity (Wildman–Crippen MR) is 131 cm³/mol. The molecule has 1 atom stereocenters. The summed E-state index contributed by atoms with van der Waals surface area (Å²) in [5.41, 5.74) is 4.48. The summed E-state index contributed by atoms with van der Waals surface area (Å²) < 4.78 is 21.5. The van der Waals surface area contributed by atoms with Crippen LogP contribution in [0.15, 0.2) is 54.7 Å². The van der Waals surface area contributed by atoms with Crippen molar-refractivity contribution in [3.63, 3.8) is 0 Å². The molecule has 3 aromatic rings. The molecule has 1 heterocycles. The largest absolute Gasteiger partial charge is 0.472 e. The second-order valence-corrected chi connectivity index (χ2v) is 9.55. The van der Waals surface area contributed by atoms with Gasteiger partial charge in [-0.3, -0.25) is 18.8 Å². The van der Waals surface area contributed by atoms with E-state index < -0.39 is 13.9 Å². The topological polar surface area (TPSA) is 118 Å². The van der Waals surface area contributed by atoms with Crippen LogP contribution >= 0.6 is 7.82 Å². The lowest BCUT2D eigenvalue weighted by atomic mass is 9.93. The summed E-state index contributed by atoms with van der Waals surface area (Å²) in [6.07, 6.45) is 2.30. The minimum absolute atomic E-state index is 0.0127. The third-order valence-electron chi connectivity index (χ3n) is 5.10. The number of rotatable bonds is 12. The maximum atomic E-state index is 12.7. The van der Waals surface area contributed by atoms with Gasteiger partial charge in [0.05, 0.1) is 24.6 Å². The number of carbonyl (C=O) groups is 1. The van der Waals surface area contributed by atoms with E-state index in [1.54, 1.807) is 20.0 Å². The average molecular weight is 487 g/mol. The van der Waals surface area contributed by atoms with E-state index in [1.807, 2.05) is 48.5 Å². The van der Waals surface area contributed by atoms with Crippen molar-refractivity contribution < 1.29 is 28.4 Å². The van der Waals surface area contributed by atoms with Crippen LogP contribution in [-0.4, -0.2) is 46.8 Å². The fourth-order valence-electron chi connectivity index (χ4n) is 3.74. The van der Waals surface area contributed by atoms with E-state index in [1.165, 1.54) is 0 Å². The lowest BCUT2D eigenvalue weighted by Gasteiger charge is -2.15. The van der Waals surface area contributed by atoms with Crippen LogP contribution in [0.5, 0.6) is 0 Å². The molecule has 0 bridgehead atoms. The highest BCUT2D eigenvalue weighted by Crippen LogP contribution is 2.44. The maximum absolute atomic E-state index is 12.7. The second-order valence-electron chi connectivity index (χ2n) is 8.15. The fraction of sp³-hybridized carbons (Fsp3) is 0.360. The number of hydrogen-bond donors (Lipinski definition) is 3. The second kappa shape index (κ2) is 12.2. The Balaban J connectivity index is 1.72. The Labute approximate surface area is 199 Å². The van der Waals surface area contributed by atoms with E-state index >= 15 is 0 Å². The molecule has 1 aromatic heterocycles. The summed E-state index contributed by atoms with van der Waals surface area (Å²) in [5, 5.41) is 13.2. The third kappa shape index (κ3) is 7.19. The van der Waals surface area contributed by atoms with Gasteiger partial charge in [-0.2, -0.15) is 0 Å². The monoisotopic (exact) mass is 486 g/mol. The molecule has 34 heavy (non-hydrogen) atoms. The van der Waals surface area contributed by atoms with Crippen LogP contribution in [0.2, 0.25) is 0 Å². The SMILES string of the molecule is CC(C)OP(=O)(O)OCCCNC(=O)Cc1cnc2c(CCO)cccc2c1-c1ccccc1. The Morgan fingerprint density at radius 3 is 2.59 bits per heavy atom. The van der Waals surface area contributed by atoms with Crippen molar-refractivity contribution in [1.82, 2.24) is 10.3 Å². The quantitative estimate of drug-likeness (QED) is 0.261. The highest BCUT2D eigenvalue weighted by Gasteiger charge is 2.22. The molecule has 0 fully saturated rings. The molecule has 0 saturated heterocycles. The molecule has 2 aromatic carbocycles. The lowest BCUT2D eigenvalue weighted by molar-refractivity contribution is -0.120.